The molecule has 0 aliphatic carbocycles. The van der Waals surface area contributed by atoms with Gasteiger partial charge < -0.3 is 14.6 Å². The molecular formula is C13H14F3N3O2. The lowest BCUT2D eigenvalue weighted by atomic mass is 10.2. The Bertz CT molecular complexity index is 584. The quantitative estimate of drug-likeness (QED) is 0.888. The molecule has 0 spiro atoms. The maximum atomic E-state index is 12.6. The van der Waals surface area contributed by atoms with Gasteiger partial charge in [0.2, 0.25) is 0 Å². The summed E-state index contributed by atoms with van der Waals surface area (Å²) in [7, 11) is 1.80. The molecule has 0 radical (unpaired) electrons. The van der Waals surface area contributed by atoms with Crippen LogP contribution in [0, 0.1) is 0 Å². The minimum Gasteiger partial charge on any atom is -0.484 e. The second-order valence-corrected chi connectivity index (χ2v) is 4.27. The standard InChI is InChI=1S/C13H14F3N3O2/c1-17-6-5-11-18-12(21-19-11)8-20-10-4-2-3-9(7-10)13(14,15)16/h2-4,7,17H,5-6,8H2,1H3. The zero-order valence-electron chi connectivity index (χ0n) is 11.3. The number of ether oxygens (including phenoxy) is 1. The molecule has 0 aliphatic heterocycles. The number of rotatable bonds is 6. The summed E-state index contributed by atoms with van der Waals surface area (Å²) in [4.78, 5) is 4.07. The predicted molar refractivity (Wildman–Crippen MR) is 67.7 cm³/mol. The Balaban J connectivity index is 1.95. The molecule has 1 aromatic heterocycles. The highest BCUT2D eigenvalue weighted by Crippen LogP contribution is 2.31. The molecule has 2 aromatic rings. The second kappa shape index (κ2) is 6.57. The van der Waals surface area contributed by atoms with Crippen molar-refractivity contribution in [2.45, 2.75) is 19.2 Å². The topological polar surface area (TPSA) is 60.2 Å². The van der Waals surface area contributed by atoms with Crippen molar-refractivity contribution in [3.8, 4) is 5.75 Å². The molecule has 0 unspecified atom stereocenters. The predicted octanol–water partition coefficient (Wildman–Crippen LogP) is 2.43. The van der Waals surface area contributed by atoms with Gasteiger partial charge in [0.1, 0.15) is 5.75 Å². The number of aromatic nitrogens is 2. The highest BCUT2D eigenvalue weighted by atomic mass is 19.4. The molecule has 0 amide bonds. The average Bonchev–Trinajstić information content (AvgIpc) is 2.90. The van der Waals surface area contributed by atoms with Gasteiger partial charge in [0.15, 0.2) is 12.4 Å². The fourth-order valence-electron chi connectivity index (χ4n) is 1.59. The Morgan fingerprint density at radius 2 is 2.14 bits per heavy atom. The maximum absolute atomic E-state index is 12.6. The van der Waals surface area contributed by atoms with E-state index in [1.807, 2.05) is 0 Å². The summed E-state index contributed by atoms with van der Waals surface area (Å²) in [6.45, 7) is 0.626. The Morgan fingerprint density at radius 3 is 2.86 bits per heavy atom. The summed E-state index contributed by atoms with van der Waals surface area (Å²) < 4.78 is 47.8. The van der Waals surface area contributed by atoms with E-state index in [1.165, 1.54) is 12.1 Å². The zero-order chi connectivity index (χ0) is 15.3. The third-order valence-corrected chi connectivity index (χ3v) is 2.63. The SMILES string of the molecule is CNCCc1noc(COc2cccc(C(F)(F)F)c2)n1. The van der Waals surface area contributed by atoms with Crippen LogP contribution in [0.3, 0.4) is 0 Å². The molecule has 114 valence electrons. The Hall–Kier alpha value is -2.09. The molecule has 1 heterocycles. The fraction of sp³-hybridized carbons (Fsp3) is 0.385. The van der Waals surface area contributed by atoms with Crippen LogP contribution in [0.15, 0.2) is 28.8 Å². The van der Waals surface area contributed by atoms with Gasteiger partial charge in [-0.3, -0.25) is 0 Å². The Kier molecular flexibility index (Phi) is 4.79. The van der Waals surface area contributed by atoms with Crippen molar-refractivity contribution >= 4 is 0 Å². The van der Waals surface area contributed by atoms with Gasteiger partial charge in [-0.2, -0.15) is 18.2 Å². The lowest BCUT2D eigenvalue weighted by Crippen LogP contribution is -2.11. The van der Waals surface area contributed by atoms with Crippen LogP contribution in [-0.2, 0) is 19.2 Å². The van der Waals surface area contributed by atoms with Gasteiger partial charge in [-0.15, -0.1) is 0 Å². The maximum Gasteiger partial charge on any atom is 0.416 e. The van der Waals surface area contributed by atoms with Crippen molar-refractivity contribution in [3.63, 3.8) is 0 Å². The van der Waals surface area contributed by atoms with Crippen LogP contribution in [0.4, 0.5) is 13.2 Å². The van der Waals surface area contributed by atoms with Gasteiger partial charge in [-0.1, -0.05) is 11.2 Å². The van der Waals surface area contributed by atoms with Crippen molar-refractivity contribution in [2.75, 3.05) is 13.6 Å². The summed E-state index contributed by atoms with van der Waals surface area (Å²) in [5, 5.41) is 6.68. The summed E-state index contributed by atoms with van der Waals surface area (Å²) in [6.07, 6.45) is -3.80. The minimum absolute atomic E-state index is 0.0755. The molecular weight excluding hydrogens is 287 g/mol. The molecule has 0 bridgehead atoms. The van der Waals surface area contributed by atoms with Gasteiger partial charge >= 0.3 is 6.18 Å². The lowest BCUT2D eigenvalue weighted by molar-refractivity contribution is -0.137. The van der Waals surface area contributed by atoms with Gasteiger partial charge in [0, 0.05) is 13.0 Å². The number of hydrogen-bond acceptors (Lipinski definition) is 5. The summed E-state index contributed by atoms with van der Waals surface area (Å²) in [5.74, 6) is 0.838. The van der Waals surface area contributed by atoms with E-state index in [0.717, 1.165) is 12.1 Å². The van der Waals surface area contributed by atoms with E-state index >= 15 is 0 Å². The van der Waals surface area contributed by atoms with Crippen LogP contribution < -0.4 is 10.1 Å². The number of nitrogens with one attached hydrogen (secondary N) is 1. The van der Waals surface area contributed by atoms with Gasteiger partial charge in [-0.25, -0.2) is 0 Å². The largest absolute Gasteiger partial charge is 0.484 e. The summed E-state index contributed by atoms with van der Waals surface area (Å²) >= 11 is 0. The normalized spacial score (nSPS) is 11.6. The first-order valence-corrected chi connectivity index (χ1v) is 6.25. The number of likely N-dealkylation sites (N-methyl/N-ethyl adjacent to an activating group) is 1. The molecule has 2 rings (SSSR count). The number of alkyl halides is 3. The van der Waals surface area contributed by atoms with E-state index in [1.54, 1.807) is 7.05 Å². The first-order valence-electron chi connectivity index (χ1n) is 6.25. The molecule has 0 saturated heterocycles. The van der Waals surface area contributed by atoms with E-state index in [9.17, 15) is 13.2 Å². The van der Waals surface area contributed by atoms with Crippen molar-refractivity contribution in [1.82, 2.24) is 15.5 Å². The molecule has 5 nitrogen and oxygen atoms in total. The molecule has 8 heteroatoms. The number of hydrogen-bond donors (Lipinski definition) is 1. The number of nitrogens with zero attached hydrogens (tertiary/aromatic N) is 2. The third kappa shape index (κ3) is 4.45. The number of halogens is 3. The smallest absolute Gasteiger partial charge is 0.416 e. The molecule has 0 saturated carbocycles. The van der Waals surface area contributed by atoms with E-state index in [2.05, 4.69) is 15.5 Å². The van der Waals surface area contributed by atoms with Crippen molar-refractivity contribution < 1.29 is 22.4 Å². The first-order chi connectivity index (χ1) is 9.99. The van der Waals surface area contributed by atoms with Crippen molar-refractivity contribution in [2.24, 2.45) is 0 Å². The van der Waals surface area contributed by atoms with Crippen LogP contribution in [0.5, 0.6) is 5.75 Å². The average molecular weight is 301 g/mol. The third-order valence-electron chi connectivity index (χ3n) is 2.63. The first kappa shape index (κ1) is 15.3. The molecule has 21 heavy (non-hydrogen) atoms. The van der Waals surface area contributed by atoms with Crippen LogP contribution >= 0.6 is 0 Å². The van der Waals surface area contributed by atoms with E-state index in [-0.39, 0.29) is 18.2 Å². The van der Waals surface area contributed by atoms with Crippen molar-refractivity contribution in [3.05, 3.63) is 41.5 Å². The van der Waals surface area contributed by atoms with Crippen LogP contribution in [0.1, 0.15) is 17.3 Å². The highest BCUT2D eigenvalue weighted by Gasteiger charge is 2.30. The Labute approximate surface area is 119 Å². The molecule has 1 aromatic carbocycles. The van der Waals surface area contributed by atoms with Crippen LogP contribution in [-0.4, -0.2) is 23.7 Å². The lowest BCUT2D eigenvalue weighted by Gasteiger charge is -2.08. The van der Waals surface area contributed by atoms with Crippen LogP contribution in [0.25, 0.3) is 0 Å². The van der Waals surface area contributed by atoms with Gasteiger partial charge in [0.05, 0.1) is 5.56 Å². The van der Waals surface area contributed by atoms with Gasteiger partial charge in [-0.05, 0) is 25.2 Å². The molecule has 1 N–H and O–H groups in total. The molecule has 0 fully saturated rings. The highest BCUT2D eigenvalue weighted by molar-refractivity contribution is 5.30. The van der Waals surface area contributed by atoms with Crippen molar-refractivity contribution in [1.29, 1.82) is 0 Å². The van der Waals surface area contributed by atoms with Crippen LogP contribution in [0.2, 0.25) is 0 Å². The summed E-state index contributed by atoms with van der Waals surface area (Å²) in [6, 6.07) is 4.63. The Morgan fingerprint density at radius 1 is 1.33 bits per heavy atom. The summed E-state index contributed by atoms with van der Waals surface area (Å²) in [5.41, 5.74) is -0.764. The zero-order valence-corrected chi connectivity index (χ0v) is 11.3. The fourth-order valence-corrected chi connectivity index (χ4v) is 1.59. The van der Waals surface area contributed by atoms with E-state index < -0.39 is 11.7 Å². The van der Waals surface area contributed by atoms with E-state index in [4.69, 9.17) is 9.26 Å². The molecule has 0 atom stereocenters. The molecule has 0 aliphatic rings. The monoisotopic (exact) mass is 301 g/mol. The minimum atomic E-state index is -4.40. The van der Waals surface area contributed by atoms with Gasteiger partial charge in [0.25, 0.3) is 5.89 Å². The number of benzene rings is 1. The second-order valence-electron chi connectivity index (χ2n) is 4.27. The van der Waals surface area contributed by atoms with E-state index in [0.29, 0.717) is 18.8 Å².